The molecule has 0 aliphatic heterocycles. The summed E-state index contributed by atoms with van der Waals surface area (Å²) < 4.78 is 0.956. The number of halogens is 1. The maximum Gasteiger partial charge on any atom is 0.0546 e. The van der Waals surface area contributed by atoms with Gasteiger partial charge < -0.3 is 11.5 Å². The Morgan fingerprint density at radius 2 is 2.18 bits per heavy atom. The van der Waals surface area contributed by atoms with Crippen LogP contribution in [0.4, 0.5) is 5.69 Å². The minimum Gasteiger partial charge on any atom is -0.398 e. The number of rotatable bonds is 1. The molecule has 0 aromatic carbocycles. The van der Waals surface area contributed by atoms with Gasteiger partial charge in [-0.25, -0.2) is 0 Å². The highest BCUT2D eigenvalue weighted by Crippen LogP contribution is 2.21. The molecule has 11 heavy (non-hydrogen) atoms. The van der Waals surface area contributed by atoms with E-state index in [1.165, 1.54) is 0 Å². The van der Waals surface area contributed by atoms with Crippen molar-refractivity contribution in [2.75, 3.05) is 5.73 Å². The van der Waals surface area contributed by atoms with E-state index >= 15 is 0 Å². The van der Waals surface area contributed by atoms with Crippen LogP contribution in [0.5, 0.6) is 0 Å². The van der Waals surface area contributed by atoms with Gasteiger partial charge in [0.05, 0.1) is 9.26 Å². The third-order valence-electron chi connectivity index (χ3n) is 1.46. The first kappa shape index (κ1) is 8.73. The number of aromatic nitrogens is 1. The van der Waals surface area contributed by atoms with Crippen LogP contribution < -0.4 is 11.5 Å². The monoisotopic (exact) mass is 263 g/mol. The number of hydrogen-bond acceptors (Lipinski definition) is 3. The van der Waals surface area contributed by atoms with Crippen molar-refractivity contribution in [3.63, 3.8) is 0 Å². The molecule has 1 aromatic rings. The summed E-state index contributed by atoms with van der Waals surface area (Å²) in [5, 5.41) is 0. The first-order valence-electron chi connectivity index (χ1n) is 3.27. The molecule has 0 saturated heterocycles. The van der Waals surface area contributed by atoms with Crippen LogP contribution in [-0.2, 0) is 0 Å². The van der Waals surface area contributed by atoms with E-state index in [-0.39, 0.29) is 6.04 Å². The Balaban J connectivity index is 3.17. The molecule has 0 radical (unpaired) electrons. The second kappa shape index (κ2) is 3.36. The number of anilines is 1. The molecule has 0 aliphatic rings. The Morgan fingerprint density at radius 1 is 1.55 bits per heavy atom. The van der Waals surface area contributed by atoms with E-state index in [1.807, 2.05) is 6.92 Å². The Kier molecular flexibility index (Phi) is 2.67. The highest BCUT2D eigenvalue weighted by atomic mass is 127. The average Bonchev–Trinajstić information content (AvgIpc) is 1.94. The lowest BCUT2D eigenvalue weighted by atomic mass is 10.1. The van der Waals surface area contributed by atoms with Crippen LogP contribution in [0.1, 0.15) is 18.5 Å². The molecule has 3 nitrogen and oxygen atoms in total. The lowest BCUT2D eigenvalue weighted by Crippen LogP contribution is -2.09. The molecule has 1 aromatic heterocycles. The van der Waals surface area contributed by atoms with Gasteiger partial charge >= 0.3 is 0 Å². The van der Waals surface area contributed by atoms with Gasteiger partial charge in [-0.3, -0.25) is 4.98 Å². The summed E-state index contributed by atoms with van der Waals surface area (Å²) in [4.78, 5) is 4.00. The van der Waals surface area contributed by atoms with Gasteiger partial charge in [-0.2, -0.15) is 0 Å². The summed E-state index contributed by atoms with van der Waals surface area (Å²) in [6.45, 7) is 1.89. The van der Waals surface area contributed by atoms with Gasteiger partial charge in [-0.05, 0) is 29.5 Å². The van der Waals surface area contributed by atoms with Crippen molar-refractivity contribution in [3.05, 3.63) is 21.5 Å². The molecule has 0 aliphatic carbocycles. The van der Waals surface area contributed by atoms with Crippen LogP contribution in [0.25, 0.3) is 0 Å². The first-order chi connectivity index (χ1) is 5.13. The maximum atomic E-state index is 5.76. The first-order valence-corrected chi connectivity index (χ1v) is 4.35. The molecule has 60 valence electrons. The van der Waals surface area contributed by atoms with Crippen molar-refractivity contribution in [1.29, 1.82) is 0 Å². The van der Waals surface area contributed by atoms with Gasteiger partial charge in [0.2, 0.25) is 0 Å². The Bertz CT molecular complexity index is 260. The third-order valence-corrected chi connectivity index (χ3v) is 2.32. The van der Waals surface area contributed by atoms with Crippen molar-refractivity contribution >= 4 is 28.3 Å². The topological polar surface area (TPSA) is 64.9 Å². The second-order valence-electron chi connectivity index (χ2n) is 2.41. The molecule has 0 fully saturated rings. The predicted octanol–water partition coefficient (Wildman–Crippen LogP) is 1.29. The third kappa shape index (κ3) is 1.81. The molecule has 1 heterocycles. The number of pyridine rings is 1. The molecule has 0 bridgehead atoms. The minimum absolute atomic E-state index is 0.0442. The van der Waals surface area contributed by atoms with E-state index < -0.39 is 0 Å². The van der Waals surface area contributed by atoms with Gasteiger partial charge in [0.15, 0.2) is 0 Å². The molecule has 0 amide bonds. The molecule has 4 N–H and O–H groups in total. The fraction of sp³-hybridized carbons (Fsp3) is 0.286. The van der Waals surface area contributed by atoms with E-state index in [2.05, 4.69) is 27.6 Å². The highest BCUT2D eigenvalue weighted by Gasteiger charge is 2.06. The summed E-state index contributed by atoms with van der Waals surface area (Å²) in [5.74, 6) is 0. The smallest absolute Gasteiger partial charge is 0.0546 e. The summed E-state index contributed by atoms with van der Waals surface area (Å²) in [6.07, 6.45) is 3.43. The van der Waals surface area contributed by atoms with E-state index in [4.69, 9.17) is 11.5 Å². The standard InChI is InChI=1S/C7H10IN3/c1-4(9)5-2-11-3-6(8)7(5)10/h2-4H,9H2,1H3,(H2,10,11)/t4-/m0/s1. The lowest BCUT2D eigenvalue weighted by molar-refractivity contribution is 0.814. The fourth-order valence-electron chi connectivity index (χ4n) is 0.823. The predicted molar refractivity (Wildman–Crippen MR) is 54.0 cm³/mol. The van der Waals surface area contributed by atoms with Crippen LogP contribution in [-0.4, -0.2) is 4.98 Å². The van der Waals surface area contributed by atoms with Crippen molar-refractivity contribution in [3.8, 4) is 0 Å². The van der Waals surface area contributed by atoms with E-state index in [9.17, 15) is 0 Å². The number of hydrogen-bond donors (Lipinski definition) is 2. The summed E-state index contributed by atoms with van der Waals surface area (Å²) in [6, 6.07) is -0.0442. The Hall–Kier alpha value is -0.360. The average molecular weight is 263 g/mol. The largest absolute Gasteiger partial charge is 0.398 e. The summed E-state index contributed by atoms with van der Waals surface area (Å²) in [5.41, 5.74) is 13.1. The molecular formula is C7H10IN3. The van der Waals surface area contributed by atoms with Gasteiger partial charge in [0.25, 0.3) is 0 Å². The SMILES string of the molecule is C[C@H](N)c1cncc(I)c1N. The van der Waals surface area contributed by atoms with E-state index in [0.29, 0.717) is 0 Å². The van der Waals surface area contributed by atoms with Crippen LogP contribution in [0.2, 0.25) is 0 Å². The van der Waals surface area contributed by atoms with Crippen LogP contribution >= 0.6 is 22.6 Å². The van der Waals surface area contributed by atoms with Crippen LogP contribution in [0.15, 0.2) is 12.4 Å². The van der Waals surface area contributed by atoms with E-state index in [0.717, 1.165) is 14.8 Å². The van der Waals surface area contributed by atoms with Gasteiger partial charge in [-0.1, -0.05) is 0 Å². The highest BCUT2D eigenvalue weighted by molar-refractivity contribution is 14.1. The fourth-order valence-corrected chi connectivity index (χ4v) is 1.30. The second-order valence-corrected chi connectivity index (χ2v) is 3.58. The maximum absolute atomic E-state index is 5.76. The van der Waals surface area contributed by atoms with Crippen LogP contribution in [0, 0.1) is 3.57 Å². The Labute approximate surface area is 79.3 Å². The molecule has 0 saturated carbocycles. The zero-order valence-electron chi connectivity index (χ0n) is 6.21. The minimum atomic E-state index is -0.0442. The van der Waals surface area contributed by atoms with Gasteiger partial charge in [-0.15, -0.1) is 0 Å². The van der Waals surface area contributed by atoms with Crippen molar-refractivity contribution < 1.29 is 0 Å². The van der Waals surface area contributed by atoms with Gasteiger partial charge in [0.1, 0.15) is 0 Å². The number of nitrogen functional groups attached to an aromatic ring is 1. The molecule has 1 rings (SSSR count). The molecular weight excluding hydrogens is 253 g/mol. The van der Waals surface area contributed by atoms with E-state index in [1.54, 1.807) is 12.4 Å². The van der Waals surface area contributed by atoms with Crippen molar-refractivity contribution in [2.24, 2.45) is 5.73 Å². The van der Waals surface area contributed by atoms with Crippen LogP contribution in [0.3, 0.4) is 0 Å². The lowest BCUT2D eigenvalue weighted by Gasteiger charge is -2.08. The zero-order chi connectivity index (χ0) is 8.43. The summed E-state index contributed by atoms with van der Waals surface area (Å²) >= 11 is 2.14. The quantitative estimate of drug-likeness (QED) is 0.750. The van der Waals surface area contributed by atoms with Gasteiger partial charge in [0, 0.05) is 24.0 Å². The normalized spacial score (nSPS) is 13.0. The molecule has 0 unspecified atom stereocenters. The molecule has 0 spiro atoms. The van der Waals surface area contributed by atoms with Crippen molar-refractivity contribution in [2.45, 2.75) is 13.0 Å². The van der Waals surface area contributed by atoms with Crippen molar-refractivity contribution in [1.82, 2.24) is 4.98 Å². The number of nitrogens with two attached hydrogens (primary N) is 2. The molecule has 1 atom stereocenters. The molecule has 4 heteroatoms. The number of nitrogens with zero attached hydrogens (tertiary/aromatic N) is 1. The Morgan fingerprint density at radius 3 is 2.64 bits per heavy atom. The zero-order valence-corrected chi connectivity index (χ0v) is 8.37. The summed E-state index contributed by atoms with van der Waals surface area (Å²) in [7, 11) is 0.